The fourth-order valence-corrected chi connectivity index (χ4v) is 1.81. The summed E-state index contributed by atoms with van der Waals surface area (Å²) in [5.41, 5.74) is 1.34. The molecular formula is C16H11NO5. The molecule has 22 heavy (non-hydrogen) atoms. The Morgan fingerprint density at radius 3 is 1.91 bits per heavy atom. The number of carbonyl (C=O) groups is 2. The highest BCUT2D eigenvalue weighted by Crippen LogP contribution is 2.16. The van der Waals surface area contributed by atoms with Crippen molar-refractivity contribution in [3.05, 3.63) is 81.4 Å². The standard InChI is InChI=1S/C16H11NO5/c18-15(19)10-3-11-1-4-12(5-2-11)16(20)13-6-8-14(9-7-13)17(21)22/h1-10H,(H,18,19)/b10-3+. The third kappa shape index (κ3) is 3.63. The molecule has 2 aromatic rings. The lowest BCUT2D eigenvalue weighted by molar-refractivity contribution is -0.384. The van der Waals surface area contributed by atoms with Crippen LogP contribution in [0.5, 0.6) is 0 Å². The zero-order valence-corrected chi connectivity index (χ0v) is 11.3. The van der Waals surface area contributed by atoms with Crippen molar-refractivity contribution in [2.75, 3.05) is 0 Å². The van der Waals surface area contributed by atoms with Crippen molar-refractivity contribution in [1.29, 1.82) is 0 Å². The predicted octanol–water partition coefficient (Wildman–Crippen LogP) is 2.92. The number of non-ortho nitro benzene ring substituents is 1. The first-order valence-corrected chi connectivity index (χ1v) is 6.27. The molecule has 0 saturated heterocycles. The lowest BCUT2D eigenvalue weighted by Gasteiger charge is -2.02. The smallest absolute Gasteiger partial charge is 0.328 e. The van der Waals surface area contributed by atoms with Crippen LogP contribution in [0.25, 0.3) is 6.08 Å². The van der Waals surface area contributed by atoms with Gasteiger partial charge in [0.15, 0.2) is 5.78 Å². The van der Waals surface area contributed by atoms with Gasteiger partial charge in [0.25, 0.3) is 5.69 Å². The number of nitrogens with zero attached hydrogens (tertiary/aromatic N) is 1. The molecule has 0 heterocycles. The molecule has 6 nitrogen and oxygen atoms in total. The van der Waals surface area contributed by atoms with Crippen LogP contribution in [-0.2, 0) is 4.79 Å². The van der Waals surface area contributed by atoms with E-state index in [1.54, 1.807) is 24.3 Å². The SMILES string of the molecule is O=C(O)/C=C/c1ccc(C(=O)c2ccc([N+](=O)[O-])cc2)cc1. The van der Waals surface area contributed by atoms with Gasteiger partial charge in [-0.2, -0.15) is 0 Å². The third-order valence-corrected chi connectivity index (χ3v) is 2.93. The zero-order chi connectivity index (χ0) is 16.1. The van der Waals surface area contributed by atoms with Gasteiger partial charge < -0.3 is 5.11 Å². The third-order valence-electron chi connectivity index (χ3n) is 2.93. The second kappa shape index (κ2) is 6.45. The second-order valence-electron chi connectivity index (χ2n) is 4.43. The molecule has 0 aliphatic carbocycles. The molecule has 0 unspecified atom stereocenters. The van der Waals surface area contributed by atoms with Crippen molar-refractivity contribution in [3.63, 3.8) is 0 Å². The number of hydrogen-bond acceptors (Lipinski definition) is 4. The molecular weight excluding hydrogens is 286 g/mol. The molecule has 0 spiro atoms. The van der Waals surface area contributed by atoms with Crippen molar-refractivity contribution >= 4 is 23.5 Å². The number of hydrogen-bond donors (Lipinski definition) is 1. The van der Waals surface area contributed by atoms with E-state index in [1.165, 1.54) is 30.3 Å². The Bertz CT molecular complexity index is 745. The Labute approximate surface area is 125 Å². The molecule has 0 atom stereocenters. The largest absolute Gasteiger partial charge is 0.478 e. The molecule has 6 heteroatoms. The number of carboxylic acids is 1. The zero-order valence-electron chi connectivity index (χ0n) is 11.3. The summed E-state index contributed by atoms with van der Waals surface area (Å²) < 4.78 is 0. The highest BCUT2D eigenvalue weighted by Gasteiger charge is 2.11. The average Bonchev–Trinajstić information content (AvgIpc) is 2.53. The fraction of sp³-hybridized carbons (Fsp3) is 0. The maximum absolute atomic E-state index is 12.2. The quantitative estimate of drug-likeness (QED) is 0.396. The van der Waals surface area contributed by atoms with Crippen molar-refractivity contribution in [2.24, 2.45) is 0 Å². The van der Waals surface area contributed by atoms with Crippen LogP contribution in [0.15, 0.2) is 54.6 Å². The predicted molar refractivity (Wildman–Crippen MR) is 79.6 cm³/mol. The maximum Gasteiger partial charge on any atom is 0.328 e. The summed E-state index contributed by atoms with van der Waals surface area (Å²) in [6.45, 7) is 0. The van der Waals surface area contributed by atoms with Crippen LogP contribution in [0.2, 0.25) is 0 Å². The van der Waals surface area contributed by atoms with Gasteiger partial charge in [-0.25, -0.2) is 4.79 Å². The normalized spacial score (nSPS) is 10.5. The van der Waals surface area contributed by atoms with Crippen LogP contribution >= 0.6 is 0 Å². The van der Waals surface area contributed by atoms with Crippen molar-refractivity contribution < 1.29 is 19.6 Å². The van der Waals surface area contributed by atoms with E-state index in [0.717, 1.165) is 6.08 Å². The van der Waals surface area contributed by atoms with Gasteiger partial charge in [-0.15, -0.1) is 0 Å². The van der Waals surface area contributed by atoms with Gasteiger partial charge in [0, 0.05) is 29.3 Å². The van der Waals surface area contributed by atoms with Crippen molar-refractivity contribution in [2.45, 2.75) is 0 Å². The molecule has 2 aromatic carbocycles. The van der Waals surface area contributed by atoms with Crippen LogP contribution in [0.4, 0.5) is 5.69 Å². The minimum Gasteiger partial charge on any atom is -0.478 e. The molecule has 2 rings (SSSR count). The maximum atomic E-state index is 12.2. The molecule has 0 aliphatic heterocycles. The Balaban J connectivity index is 2.19. The number of carbonyl (C=O) groups excluding carboxylic acids is 1. The van der Waals surface area contributed by atoms with Gasteiger partial charge in [0.2, 0.25) is 0 Å². The molecule has 110 valence electrons. The highest BCUT2D eigenvalue weighted by molar-refractivity contribution is 6.09. The molecule has 0 amide bonds. The van der Waals surface area contributed by atoms with E-state index < -0.39 is 10.9 Å². The number of nitro groups is 1. The van der Waals surface area contributed by atoms with Gasteiger partial charge >= 0.3 is 5.97 Å². The number of aliphatic carboxylic acids is 1. The van der Waals surface area contributed by atoms with E-state index in [4.69, 9.17) is 5.11 Å². The van der Waals surface area contributed by atoms with Crippen LogP contribution < -0.4 is 0 Å². The number of carboxylic acid groups (broad SMARTS) is 1. The monoisotopic (exact) mass is 297 g/mol. The van der Waals surface area contributed by atoms with Crippen molar-refractivity contribution in [3.8, 4) is 0 Å². The lowest BCUT2D eigenvalue weighted by Crippen LogP contribution is -2.01. The van der Waals surface area contributed by atoms with Crippen LogP contribution in [0.1, 0.15) is 21.5 Å². The highest BCUT2D eigenvalue weighted by atomic mass is 16.6. The number of nitro benzene ring substituents is 1. The minimum absolute atomic E-state index is 0.0781. The molecule has 0 aromatic heterocycles. The van der Waals surface area contributed by atoms with E-state index in [-0.39, 0.29) is 11.5 Å². The molecule has 0 fully saturated rings. The minimum atomic E-state index is -1.05. The second-order valence-corrected chi connectivity index (χ2v) is 4.43. The lowest BCUT2D eigenvalue weighted by atomic mass is 10.0. The van der Waals surface area contributed by atoms with Gasteiger partial charge in [-0.1, -0.05) is 24.3 Å². The molecule has 0 radical (unpaired) electrons. The Morgan fingerprint density at radius 1 is 0.955 bits per heavy atom. The number of benzene rings is 2. The van der Waals surface area contributed by atoms with E-state index in [1.807, 2.05) is 0 Å². The molecule has 0 bridgehead atoms. The van der Waals surface area contributed by atoms with E-state index in [9.17, 15) is 19.7 Å². The van der Waals surface area contributed by atoms with E-state index in [2.05, 4.69) is 0 Å². The van der Waals surface area contributed by atoms with Gasteiger partial charge in [-0.3, -0.25) is 14.9 Å². The van der Waals surface area contributed by atoms with E-state index in [0.29, 0.717) is 16.7 Å². The number of rotatable bonds is 5. The van der Waals surface area contributed by atoms with Gasteiger partial charge in [0.05, 0.1) is 4.92 Å². The summed E-state index contributed by atoms with van der Waals surface area (Å²) in [5, 5.41) is 19.1. The molecule has 0 aliphatic rings. The summed E-state index contributed by atoms with van der Waals surface area (Å²) in [4.78, 5) is 32.7. The Hall–Kier alpha value is -3.28. The summed E-state index contributed by atoms with van der Waals surface area (Å²) in [6, 6.07) is 11.7. The first-order valence-electron chi connectivity index (χ1n) is 6.27. The Kier molecular flexibility index (Phi) is 4.43. The van der Waals surface area contributed by atoms with Gasteiger partial charge in [0.1, 0.15) is 0 Å². The van der Waals surface area contributed by atoms with Gasteiger partial charge in [-0.05, 0) is 23.8 Å². The molecule has 0 saturated carbocycles. The average molecular weight is 297 g/mol. The topological polar surface area (TPSA) is 97.5 Å². The van der Waals surface area contributed by atoms with Crippen LogP contribution in [-0.4, -0.2) is 21.8 Å². The first kappa shape index (κ1) is 15.1. The molecule has 1 N–H and O–H groups in total. The summed E-state index contributed by atoms with van der Waals surface area (Å²) in [5.74, 6) is -1.31. The summed E-state index contributed by atoms with van der Waals surface area (Å²) in [7, 11) is 0. The van der Waals surface area contributed by atoms with Crippen LogP contribution in [0.3, 0.4) is 0 Å². The number of ketones is 1. The van der Waals surface area contributed by atoms with Crippen molar-refractivity contribution in [1.82, 2.24) is 0 Å². The van der Waals surface area contributed by atoms with Crippen LogP contribution in [0, 0.1) is 10.1 Å². The Morgan fingerprint density at radius 2 is 1.45 bits per heavy atom. The first-order chi connectivity index (χ1) is 10.5. The summed E-state index contributed by atoms with van der Waals surface area (Å²) >= 11 is 0. The van der Waals surface area contributed by atoms with E-state index >= 15 is 0 Å². The fourth-order valence-electron chi connectivity index (χ4n) is 1.81. The summed E-state index contributed by atoms with van der Waals surface area (Å²) in [6.07, 6.45) is 2.43.